The SMILES string of the molecule is CCCCCCCCc1ccc(-c2ccc(-c3ccc(OCC)cc3)c(F)c2F)cc1. The summed E-state index contributed by atoms with van der Waals surface area (Å²) >= 11 is 0. The quantitative estimate of drug-likeness (QED) is 0.281. The molecule has 0 fully saturated rings. The van der Waals surface area contributed by atoms with Gasteiger partial charge in [0, 0.05) is 11.1 Å². The molecule has 164 valence electrons. The van der Waals surface area contributed by atoms with E-state index in [1.807, 2.05) is 31.2 Å². The van der Waals surface area contributed by atoms with Crippen molar-refractivity contribution in [1.29, 1.82) is 0 Å². The van der Waals surface area contributed by atoms with Gasteiger partial charge in [0.05, 0.1) is 6.61 Å². The van der Waals surface area contributed by atoms with Crippen LogP contribution in [0.3, 0.4) is 0 Å². The van der Waals surface area contributed by atoms with Crippen LogP contribution in [0.5, 0.6) is 5.75 Å². The van der Waals surface area contributed by atoms with Crippen LogP contribution in [-0.2, 0) is 6.42 Å². The molecule has 0 aliphatic rings. The summed E-state index contributed by atoms with van der Waals surface area (Å²) in [6, 6.07) is 18.2. The average Bonchev–Trinajstić information content (AvgIpc) is 2.79. The molecule has 0 N–H and O–H groups in total. The molecule has 31 heavy (non-hydrogen) atoms. The Morgan fingerprint density at radius 1 is 0.613 bits per heavy atom. The molecule has 0 atom stereocenters. The van der Waals surface area contributed by atoms with Crippen molar-refractivity contribution in [3.05, 3.63) is 77.9 Å². The van der Waals surface area contributed by atoms with Gasteiger partial charge in [0.2, 0.25) is 0 Å². The smallest absolute Gasteiger partial charge is 0.167 e. The second-order valence-electron chi connectivity index (χ2n) is 7.96. The molecule has 0 aromatic heterocycles. The van der Waals surface area contributed by atoms with Gasteiger partial charge in [-0.05, 0) is 48.6 Å². The molecule has 0 unspecified atom stereocenters. The Kier molecular flexibility index (Phi) is 8.63. The van der Waals surface area contributed by atoms with Gasteiger partial charge in [0.25, 0.3) is 0 Å². The molecule has 0 amide bonds. The van der Waals surface area contributed by atoms with Crippen molar-refractivity contribution in [1.82, 2.24) is 0 Å². The van der Waals surface area contributed by atoms with E-state index in [9.17, 15) is 8.78 Å². The number of unbranched alkanes of at least 4 members (excludes halogenated alkanes) is 5. The number of ether oxygens (including phenoxy) is 1. The van der Waals surface area contributed by atoms with Crippen molar-refractivity contribution < 1.29 is 13.5 Å². The average molecular weight is 423 g/mol. The number of rotatable bonds is 11. The highest BCUT2D eigenvalue weighted by Gasteiger charge is 2.16. The summed E-state index contributed by atoms with van der Waals surface area (Å²) < 4.78 is 35.1. The fraction of sp³-hybridized carbons (Fsp3) is 0.357. The fourth-order valence-corrected chi connectivity index (χ4v) is 3.85. The van der Waals surface area contributed by atoms with Gasteiger partial charge in [-0.3, -0.25) is 0 Å². The highest BCUT2D eigenvalue weighted by Crippen LogP contribution is 2.32. The van der Waals surface area contributed by atoms with Gasteiger partial charge < -0.3 is 4.74 Å². The molecule has 1 nitrogen and oxygen atoms in total. The molecule has 3 aromatic rings. The van der Waals surface area contributed by atoms with E-state index in [0.29, 0.717) is 29.0 Å². The first-order chi connectivity index (χ1) is 15.1. The van der Waals surface area contributed by atoms with Crippen LogP contribution < -0.4 is 4.74 Å². The summed E-state index contributed by atoms with van der Waals surface area (Å²) in [6.07, 6.45) is 8.62. The Labute approximate surface area is 185 Å². The Bertz CT molecular complexity index is 946. The zero-order valence-corrected chi connectivity index (χ0v) is 18.6. The number of hydrogen-bond acceptors (Lipinski definition) is 1. The first-order valence-electron chi connectivity index (χ1n) is 11.4. The van der Waals surface area contributed by atoms with Gasteiger partial charge in [-0.1, -0.05) is 87.6 Å². The van der Waals surface area contributed by atoms with Crippen LogP contribution in [0.15, 0.2) is 60.7 Å². The summed E-state index contributed by atoms with van der Waals surface area (Å²) in [5.74, 6) is -0.919. The van der Waals surface area contributed by atoms with Crippen molar-refractivity contribution in [2.45, 2.75) is 58.8 Å². The minimum absolute atomic E-state index is 0.254. The molecule has 0 aliphatic heterocycles. The highest BCUT2D eigenvalue weighted by atomic mass is 19.2. The molecule has 3 rings (SSSR count). The van der Waals surface area contributed by atoms with Crippen molar-refractivity contribution in [2.24, 2.45) is 0 Å². The number of halogens is 2. The fourth-order valence-electron chi connectivity index (χ4n) is 3.85. The van der Waals surface area contributed by atoms with E-state index < -0.39 is 11.6 Å². The lowest BCUT2D eigenvalue weighted by atomic mass is 9.97. The summed E-state index contributed by atoms with van der Waals surface area (Å²) in [5.41, 5.74) is 3.11. The van der Waals surface area contributed by atoms with Gasteiger partial charge in [0.1, 0.15) is 5.75 Å². The van der Waals surface area contributed by atoms with Crippen molar-refractivity contribution in [3.63, 3.8) is 0 Å². The van der Waals surface area contributed by atoms with E-state index in [1.54, 1.807) is 36.4 Å². The zero-order chi connectivity index (χ0) is 22.1. The largest absolute Gasteiger partial charge is 0.494 e. The number of hydrogen-bond donors (Lipinski definition) is 0. The second-order valence-corrected chi connectivity index (χ2v) is 7.96. The highest BCUT2D eigenvalue weighted by molar-refractivity contribution is 5.72. The lowest BCUT2D eigenvalue weighted by Crippen LogP contribution is -1.95. The maximum absolute atomic E-state index is 14.9. The second kappa shape index (κ2) is 11.6. The Balaban J connectivity index is 1.68. The van der Waals surface area contributed by atoms with Crippen molar-refractivity contribution >= 4 is 0 Å². The third-order valence-corrected chi connectivity index (χ3v) is 5.64. The number of aryl methyl sites for hydroxylation is 1. The summed E-state index contributed by atoms with van der Waals surface area (Å²) in [6.45, 7) is 4.70. The predicted molar refractivity (Wildman–Crippen MR) is 125 cm³/mol. The van der Waals surface area contributed by atoms with Gasteiger partial charge in [-0.25, -0.2) is 8.78 Å². The van der Waals surface area contributed by atoms with E-state index in [2.05, 4.69) is 6.92 Å². The Morgan fingerprint density at radius 2 is 1.13 bits per heavy atom. The van der Waals surface area contributed by atoms with Crippen molar-refractivity contribution in [3.8, 4) is 28.0 Å². The van der Waals surface area contributed by atoms with Gasteiger partial charge in [-0.2, -0.15) is 0 Å². The molecule has 0 saturated heterocycles. The van der Waals surface area contributed by atoms with Gasteiger partial charge in [0.15, 0.2) is 11.6 Å². The zero-order valence-electron chi connectivity index (χ0n) is 18.6. The Morgan fingerprint density at radius 3 is 1.68 bits per heavy atom. The summed E-state index contributed by atoms with van der Waals surface area (Å²) in [4.78, 5) is 0. The molecule has 0 aliphatic carbocycles. The minimum Gasteiger partial charge on any atom is -0.494 e. The Hall–Kier alpha value is -2.68. The lowest BCUT2D eigenvalue weighted by molar-refractivity contribution is 0.340. The maximum atomic E-state index is 14.9. The van der Waals surface area contributed by atoms with E-state index in [0.717, 1.165) is 6.42 Å². The van der Waals surface area contributed by atoms with Crippen LogP contribution in [0.1, 0.15) is 57.9 Å². The van der Waals surface area contributed by atoms with Gasteiger partial charge >= 0.3 is 0 Å². The van der Waals surface area contributed by atoms with E-state index in [4.69, 9.17) is 4.74 Å². The van der Waals surface area contributed by atoms with E-state index >= 15 is 0 Å². The van der Waals surface area contributed by atoms with Crippen LogP contribution in [0.25, 0.3) is 22.3 Å². The van der Waals surface area contributed by atoms with Crippen LogP contribution >= 0.6 is 0 Å². The third kappa shape index (κ3) is 6.16. The van der Waals surface area contributed by atoms with E-state index in [1.165, 1.54) is 44.1 Å². The van der Waals surface area contributed by atoms with Crippen molar-refractivity contribution in [2.75, 3.05) is 6.61 Å². The molecule has 0 radical (unpaired) electrons. The molecule has 0 bridgehead atoms. The van der Waals surface area contributed by atoms with Gasteiger partial charge in [-0.15, -0.1) is 0 Å². The third-order valence-electron chi connectivity index (χ3n) is 5.64. The first-order valence-corrected chi connectivity index (χ1v) is 11.4. The normalized spacial score (nSPS) is 11.0. The van der Waals surface area contributed by atoms with Crippen LogP contribution in [0.2, 0.25) is 0 Å². The molecule has 0 spiro atoms. The molecular weight excluding hydrogens is 390 g/mol. The molecule has 0 saturated carbocycles. The molecular formula is C28H32F2O. The summed E-state index contributed by atoms with van der Waals surface area (Å²) in [5, 5.41) is 0. The minimum atomic E-state index is -0.821. The summed E-state index contributed by atoms with van der Waals surface area (Å²) in [7, 11) is 0. The number of benzene rings is 3. The van der Waals surface area contributed by atoms with Crippen LogP contribution in [0.4, 0.5) is 8.78 Å². The maximum Gasteiger partial charge on any atom is 0.167 e. The molecule has 3 heteroatoms. The topological polar surface area (TPSA) is 9.23 Å². The van der Waals surface area contributed by atoms with Crippen LogP contribution in [-0.4, -0.2) is 6.61 Å². The standard InChI is InChI=1S/C28H32F2O/c1-3-5-6-7-8-9-10-21-11-13-22(14-12-21)25-19-20-26(28(30)27(25)29)23-15-17-24(18-16-23)31-4-2/h11-20H,3-10H2,1-2H3. The van der Waals surface area contributed by atoms with E-state index in [-0.39, 0.29) is 5.56 Å². The van der Waals surface area contributed by atoms with Crippen LogP contribution in [0, 0.1) is 11.6 Å². The lowest BCUT2D eigenvalue weighted by Gasteiger charge is -2.11. The monoisotopic (exact) mass is 422 g/mol. The first kappa shape index (κ1) is 23.0. The molecule has 0 heterocycles. The predicted octanol–water partition coefficient (Wildman–Crippen LogP) is 8.60. The molecule has 3 aromatic carbocycles.